The Balaban J connectivity index is 2.13. The lowest BCUT2D eigenvalue weighted by atomic mass is 10.1. The molecule has 0 amide bonds. The van der Waals surface area contributed by atoms with Crippen molar-refractivity contribution in [2.75, 3.05) is 6.54 Å². The molecule has 0 aliphatic rings. The van der Waals surface area contributed by atoms with E-state index in [0.717, 1.165) is 28.1 Å². The summed E-state index contributed by atoms with van der Waals surface area (Å²) in [6.45, 7) is 2.84. The fourth-order valence-corrected chi connectivity index (χ4v) is 2.51. The summed E-state index contributed by atoms with van der Waals surface area (Å²) >= 11 is 1.64. The van der Waals surface area contributed by atoms with Gasteiger partial charge in [0.15, 0.2) is 0 Å². The van der Waals surface area contributed by atoms with E-state index in [1.807, 2.05) is 0 Å². The Kier molecular flexibility index (Phi) is 3.51. The molecule has 2 rings (SSSR count). The number of rotatable bonds is 4. The van der Waals surface area contributed by atoms with Crippen LogP contribution in [-0.2, 0) is 6.42 Å². The van der Waals surface area contributed by atoms with Crippen molar-refractivity contribution in [1.82, 2.24) is 4.98 Å². The molecule has 1 aromatic heterocycles. The molecular formula is C12H15FN2S. The number of hydrogen-bond acceptors (Lipinski definition) is 3. The first-order valence-corrected chi connectivity index (χ1v) is 6.25. The lowest BCUT2D eigenvalue weighted by molar-refractivity contribution is 0.544. The highest BCUT2D eigenvalue weighted by molar-refractivity contribution is 7.18. The van der Waals surface area contributed by atoms with Gasteiger partial charge in [-0.1, -0.05) is 6.92 Å². The van der Waals surface area contributed by atoms with E-state index < -0.39 is 0 Å². The van der Waals surface area contributed by atoms with E-state index in [9.17, 15) is 4.39 Å². The lowest BCUT2D eigenvalue weighted by Gasteiger charge is -2.04. The average Bonchev–Trinajstić information content (AvgIpc) is 2.67. The minimum atomic E-state index is -0.223. The first-order valence-electron chi connectivity index (χ1n) is 5.44. The molecule has 4 heteroatoms. The van der Waals surface area contributed by atoms with Gasteiger partial charge in [0.25, 0.3) is 0 Å². The summed E-state index contributed by atoms with van der Waals surface area (Å²) in [5, 5.41) is 1.07. The van der Waals surface area contributed by atoms with Crippen LogP contribution in [0.2, 0.25) is 0 Å². The Morgan fingerprint density at radius 2 is 2.31 bits per heavy atom. The molecule has 0 bridgehead atoms. The Hall–Kier alpha value is -1.00. The van der Waals surface area contributed by atoms with Crippen molar-refractivity contribution >= 4 is 21.6 Å². The van der Waals surface area contributed by atoms with E-state index in [1.165, 1.54) is 12.1 Å². The van der Waals surface area contributed by atoms with Crippen molar-refractivity contribution in [2.24, 2.45) is 11.7 Å². The van der Waals surface area contributed by atoms with Crippen LogP contribution >= 0.6 is 11.3 Å². The topological polar surface area (TPSA) is 38.9 Å². The molecule has 1 heterocycles. The highest BCUT2D eigenvalue weighted by Gasteiger charge is 2.06. The van der Waals surface area contributed by atoms with E-state index in [4.69, 9.17) is 5.73 Å². The Bertz CT molecular complexity index is 481. The van der Waals surface area contributed by atoms with E-state index in [1.54, 1.807) is 17.4 Å². The van der Waals surface area contributed by atoms with Crippen LogP contribution in [0.5, 0.6) is 0 Å². The van der Waals surface area contributed by atoms with Crippen LogP contribution in [0.15, 0.2) is 18.2 Å². The largest absolute Gasteiger partial charge is 0.330 e. The molecule has 1 unspecified atom stereocenters. The summed E-state index contributed by atoms with van der Waals surface area (Å²) in [6, 6.07) is 4.76. The van der Waals surface area contributed by atoms with Crippen molar-refractivity contribution in [3.8, 4) is 0 Å². The molecule has 2 aromatic rings. The number of fused-ring (bicyclic) bond motifs is 1. The van der Waals surface area contributed by atoms with Crippen molar-refractivity contribution in [1.29, 1.82) is 0 Å². The maximum Gasteiger partial charge on any atom is 0.125 e. The number of benzene rings is 1. The van der Waals surface area contributed by atoms with Crippen LogP contribution in [-0.4, -0.2) is 11.5 Å². The molecule has 1 aromatic carbocycles. The zero-order valence-corrected chi connectivity index (χ0v) is 10.1. The van der Waals surface area contributed by atoms with Gasteiger partial charge in [0.05, 0.1) is 15.2 Å². The van der Waals surface area contributed by atoms with Crippen molar-refractivity contribution in [3.63, 3.8) is 0 Å². The third kappa shape index (κ3) is 2.57. The maximum absolute atomic E-state index is 13.0. The van der Waals surface area contributed by atoms with Gasteiger partial charge in [-0.25, -0.2) is 9.37 Å². The predicted molar refractivity (Wildman–Crippen MR) is 66.1 cm³/mol. The van der Waals surface area contributed by atoms with Crippen LogP contribution in [0, 0.1) is 11.7 Å². The third-order valence-electron chi connectivity index (χ3n) is 2.65. The van der Waals surface area contributed by atoms with Crippen molar-refractivity contribution in [2.45, 2.75) is 19.8 Å². The zero-order chi connectivity index (χ0) is 11.5. The first kappa shape index (κ1) is 11.5. The molecule has 2 nitrogen and oxygen atoms in total. The molecule has 0 fully saturated rings. The molecule has 0 radical (unpaired) electrons. The summed E-state index contributed by atoms with van der Waals surface area (Å²) < 4.78 is 14.0. The summed E-state index contributed by atoms with van der Waals surface area (Å²) in [5.41, 5.74) is 6.33. The number of halogens is 1. The van der Waals surface area contributed by atoms with Gasteiger partial charge in [0.1, 0.15) is 5.82 Å². The number of aromatic nitrogens is 1. The minimum Gasteiger partial charge on any atom is -0.330 e. The Morgan fingerprint density at radius 1 is 1.50 bits per heavy atom. The van der Waals surface area contributed by atoms with Gasteiger partial charge in [-0.3, -0.25) is 0 Å². The summed E-state index contributed by atoms with van der Waals surface area (Å²) in [5.74, 6) is 0.295. The summed E-state index contributed by atoms with van der Waals surface area (Å²) in [4.78, 5) is 4.42. The zero-order valence-electron chi connectivity index (χ0n) is 9.24. The normalized spacial score (nSPS) is 13.2. The second-order valence-corrected chi connectivity index (χ2v) is 5.21. The van der Waals surface area contributed by atoms with Crippen molar-refractivity contribution < 1.29 is 4.39 Å². The van der Waals surface area contributed by atoms with Crippen LogP contribution in [0.3, 0.4) is 0 Å². The maximum atomic E-state index is 13.0. The Morgan fingerprint density at radius 3 is 3.06 bits per heavy atom. The molecule has 2 N–H and O–H groups in total. The van der Waals surface area contributed by atoms with Gasteiger partial charge in [0.2, 0.25) is 0 Å². The quantitative estimate of drug-likeness (QED) is 0.889. The van der Waals surface area contributed by atoms with E-state index in [2.05, 4.69) is 11.9 Å². The average molecular weight is 238 g/mol. The number of hydrogen-bond donors (Lipinski definition) is 1. The number of nitrogens with zero attached hydrogens (tertiary/aromatic N) is 1. The lowest BCUT2D eigenvalue weighted by Crippen LogP contribution is -2.11. The van der Waals surface area contributed by atoms with Crippen LogP contribution in [0.4, 0.5) is 4.39 Å². The molecule has 16 heavy (non-hydrogen) atoms. The molecular weight excluding hydrogens is 223 g/mol. The fourth-order valence-electron chi connectivity index (χ4n) is 1.54. The highest BCUT2D eigenvalue weighted by Crippen LogP contribution is 2.24. The number of thiazole rings is 1. The molecule has 86 valence electrons. The molecule has 0 aliphatic carbocycles. The van der Waals surface area contributed by atoms with Gasteiger partial charge < -0.3 is 5.73 Å². The van der Waals surface area contributed by atoms with E-state index in [0.29, 0.717) is 12.5 Å². The third-order valence-corrected chi connectivity index (χ3v) is 3.74. The van der Waals surface area contributed by atoms with E-state index >= 15 is 0 Å². The van der Waals surface area contributed by atoms with Crippen LogP contribution in [0.1, 0.15) is 18.4 Å². The van der Waals surface area contributed by atoms with Crippen LogP contribution in [0.25, 0.3) is 10.2 Å². The molecule has 0 saturated heterocycles. The Labute approximate surface area is 98.3 Å². The number of aryl methyl sites for hydroxylation is 1. The molecule has 0 aliphatic heterocycles. The second-order valence-electron chi connectivity index (χ2n) is 4.10. The second kappa shape index (κ2) is 4.89. The summed E-state index contributed by atoms with van der Waals surface area (Å²) in [7, 11) is 0. The monoisotopic (exact) mass is 238 g/mol. The molecule has 0 spiro atoms. The fraction of sp³-hybridized carbons (Fsp3) is 0.417. The van der Waals surface area contributed by atoms with Crippen LogP contribution < -0.4 is 5.73 Å². The first-order chi connectivity index (χ1) is 7.69. The minimum absolute atomic E-state index is 0.223. The predicted octanol–water partition coefficient (Wildman–Crippen LogP) is 2.96. The van der Waals surface area contributed by atoms with Crippen molar-refractivity contribution in [3.05, 3.63) is 29.0 Å². The highest BCUT2D eigenvalue weighted by atomic mass is 32.1. The SMILES string of the molecule is CC(CN)CCc1nc2cc(F)ccc2s1. The van der Waals surface area contributed by atoms with Gasteiger partial charge in [-0.15, -0.1) is 11.3 Å². The smallest absolute Gasteiger partial charge is 0.125 e. The molecule has 1 atom stereocenters. The van der Waals surface area contributed by atoms with E-state index in [-0.39, 0.29) is 5.82 Å². The summed E-state index contributed by atoms with van der Waals surface area (Å²) in [6.07, 6.45) is 1.97. The van der Waals surface area contributed by atoms with Gasteiger partial charge in [-0.2, -0.15) is 0 Å². The standard InChI is InChI=1S/C12H15FN2S/c1-8(7-14)2-5-12-15-10-6-9(13)3-4-11(10)16-12/h3-4,6,8H,2,5,7,14H2,1H3. The van der Waals surface area contributed by atoms with Gasteiger partial charge >= 0.3 is 0 Å². The number of nitrogens with two attached hydrogens (primary N) is 1. The van der Waals surface area contributed by atoms with Gasteiger partial charge in [0, 0.05) is 6.07 Å². The molecule has 0 saturated carbocycles. The van der Waals surface area contributed by atoms with Gasteiger partial charge in [-0.05, 0) is 37.4 Å².